The summed E-state index contributed by atoms with van der Waals surface area (Å²) in [6.45, 7) is 1.94. The number of esters is 1. The van der Waals surface area contributed by atoms with Crippen molar-refractivity contribution in [2.45, 2.75) is 11.8 Å². The fourth-order valence-corrected chi connectivity index (χ4v) is 3.65. The van der Waals surface area contributed by atoms with Gasteiger partial charge in [0, 0.05) is 10.8 Å². The molecule has 0 saturated heterocycles. The lowest BCUT2D eigenvalue weighted by Gasteiger charge is -2.12. The lowest BCUT2D eigenvalue weighted by atomic mass is 10.1. The molecule has 0 unspecified atom stereocenters. The minimum absolute atomic E-state index is 0.0164. The first-order valence-electron chi connectivity index (χ1n) is 7.93. The van der Waals surface area contributed by atoms with Crippen molar-refractivity contribution in [3.63, 3.8) is 0 Å². The van der Waals surface area contributed by atoms with Crippen molar-refractivity contribution in [3.05, 3.63) is 66.2 Å². The monoisotopic (exact) mass is 371 g/mol. The van der Waals surface area contributed by atoms with Crippen molar-refractivity contribution < 1.29 is 23.1 Å². The average molecular weight is 371 g/mol. The van der Waals surface area contributed by atoms with E-state index >= 15 is 0 Å². The minimum Gasteiger partial charge on any atom is -0.507 e. The number of carbonyl (C=O) groups is 1. The largest absolute Gasteiger partial charge is 0.507 e. The Labute approximate surface area is 151 Å². The SMILES string of the molecule is CCOC(=O)c1ccc(S(=O)(=O)Nc2cccc3c(O)cccc23)cc1. The third kappa shape index (κ3) is 3.48. The van der Waals surface area contributed by atoms with Gasteiger partial charge in [-0.3, -0.25) is 4.72 Å². The number of aromatic hydroxyl groups is 1. The first-order valence-corrected chi connectivity index (χ1v) is 9.41. The molecule has 3 aromatic carbocycles. The topological polar surface area (TPSA) is 92.7 Å². The Morgan fingerprint density at radius 3 is 2.35 bits per heavy atom. The molecule has 0 aliphatic carbocycles. The first kappa shape index (κ1) is 17.8. The third-order valence-electron chi connectivity index (χ3n) is 3.82. The van der Waals surface area contributed by atoms with Crippen LogP contribution in [0.4, 0.5) is 5.69 Å². The summed E-state index contributed by atoms with van der Waals surface area (Å²) in [7, 11) is -3.86. The van der Waals surface area contributed by atoms with Crippen molar-refractivity contribution in [3.8, 4) is 5.75 Å². The summed E-state index contributed by atoms with van der Waals surface area (Å²) in [5.74, 6) is -0.434. The highest BCUT2D eigenvalue weighted by Crippen LogP contribution is 2.31. The third-order valence-corrected chi connectivity index (χ3v) is 5.20. The van der Waals surface area contributed by atoms with E-state index in [0.717, 1.165) is 0 Å². The zero-order chi connectivity index (χ0) is 18.7. The summed E-state index contributed by atoms with van der Waals surface area (Å²) in [5, 5.41) is 11.0. The van der Waals surface area contributed by atoms with Gasteiger partial charge in [0.15, 0.2) is 0 Å². The molecule has 0 spiro atoms. The van der Waals surface area contributed by atoms with Crippen molar-refractivity contribution >= 4 is 32.5 Å². The molecule has 0 amide bonds. The molecular formula is C19H17NO5S. The number of sulfonamides is 1. The zero-order valence-corrected chi connectivity index (χ0v) is 14.8. The number of rotatable bonds is 5. The van der Waals surface area contributed by atoms with Gasteiger partial charge in [-0.05, 0) is 43.3 Å². The molecule has 0 fully saturated rings. The number of nitrogens with one attached hydrogen (secondary N) is 1. The van der Waals surface area contributed by atoms with Gasteiger partial charge in [-0.1, -0.05) is 24.3 Å². The van der Waals surface area contributed by atoms with E-state index in [-0.39, 0.29) is 22.8 Å². The molecule has 0 aliphatic heterocycles. The number of fused-ring (bicyclic) bond motifs is 1. The molecule has 134 valence electrons. The normalized spacial score (nSPS) is 11.3. The molecule has 0 aliphatic rings. The molecule has 7 heteroatoms. The van der Waals surface area contributed by atoms with Crippen LogP contribution < -0.4 is 4.72 Å². The predicted molar refractivity (Wildman–Crippen MR) is 98.8 cm³/mol. The van der Waals surface area contributed by atoms with E-state index in [0.29, 0.717) is 16.5 Å². The maximum Gasteiger partial charge on any atom is 0.338 e. The Morgan fingerprint density at radius 1 is 1.00 bits per heavy atom. The fourth-order valence-electron chi connectivity index (χ4n) is 2.57. The maximum atomic E-state index is 12.6. The Bertz CT molecular complexity index is 1060. The van der Waals surface area contributed by atoms with Crippen LogP contribution in [0.15, 0.2) is 65.6 Å². The van der Waals surface area contributed by atoms with E-state index in [1.54, 1.807) is 37.3 Å². The number of anilines is 1. The first-order chi connectivity index (χ1) is 12.4. The van der Waals surface area contributed by atoms with Crippen LogP contribution in [0.25, 0.3) is 10.8 Å². The van der Waals surface area contributed by atoms with Crippen LogP contribution in [0.5, 0.6) is 5.75 Å². The zero-order valence-electron chi connectivity index (χ0n) is 14.0. The van der Waals surface area contributed by atoms with E-state index in [4.69, 9.17) is 4.74 Å². The molecule has 0 heterocycles. The number of phenolic OH excluding ortho intramolecular Hbond substituents is 1. The van der Waals surface area contributed by atoms with Gasteiger partial charge >= 0.3 is 5.97 Å². The highest BCUT2D eigenvalue weighted by atomic mass is 32.2. The van der Waals surface area contributed by atoms with Gasteiger partial charge in [-0.25, -0.2) is 13.2 Å². The van der Waals surface area contributed by atoms with Crippen molar-refractivity contribution in [2.24, 2.45) is 0 Å². The summed E-state index contributed by atoms with van der Waals surface area (Å²) < 4.78 is 32.7. The van der Waals surface area contributed by atoms with E-state index < -0.39 is 16.0 Å². The van der Waals surface area contributed by atoms with Crippen LogP contribution in [0.1, 0.15) is 17.3 Å². The second kappa shape index (κ2) is 7.05. The number of benzene rings is 3. The standard InChI is InChI=1S/C19H17NO5S/c1-2-25-19(22)13-9-11-14(12-10-13)26(23,24)20-17-7-3-6-16-15(17)5-4-8-18(16)21/h3-12,20-21H,2H2,1H3. The maximum absolute atomic E-state index is 12.6. The lowest BCUT2D eigenvalue weighted by molar-refractivity contribution is 0.0526. The second-order valence-electron chi connectivity index (χ2n) is 5.53. The van der Waals surface area contributed by atoms with Crippen LogP contribution in [0.3, 0.4) is 0 Å². The number of phenols is 1. The van der Waals surface area contributed by atoms with Gasteiger partial charge in [0.25, 0.3) is 10.0 Å². The summed E-state index contributed by atoms with van der Waals surface area (Å²) in [5.41, 5.74) is 0.633. The van der Waals surface area contributed by atoms with Gasteiger partial charge < -0.3 is 9.84 Å². The predicted octanol–water partition coefficient (Wildman–Crippen LogP) is 3.52. The lowest BCUT2D eigenvalue weighted by Crippen LogP contribution is -2.13. The summed E-state index contributed by atoms with van der Waals surface area (Å²) in [6, 6.07) is 15.4. The fraction of sp³-hybridized carbons (Fsp3) is 0.105. The second-order valence-corrected chi connectivity index (χ2v) is 7.21. The number of hydrogen-bond acceptors (Lipinski definition) is 5. The molecule has 3 rings (SSSR count). The molecule has 2 N–H and O–H groups in total. The van der Waals surface area contributed by atoms with Gasteiger partial charge in [-0.2, -0.15) is 0 Å². The van der Waals surface area contributed by atoms with E-state index in [1.807, 2.05) is 0 Å². The molecule has 0 radical (unpaired) electrons. The van der Waals surface area contributed by atoms with E-state index in [1.165, 1.54) is 30.3 Å². The molecule has 0 saturated carbocycles. The highest BCUT2D eigenvalue weighted by molar-refractivity contribution is 7.92. The number of hydrogen-bond donors (Lipinski definition) is 2. The van der Waals surface area contributed by atoms with Gasteiger partial charge in [0.2, 0.25) is 0 Å². The Balaban J connectivity index is 1.93. The van der Waals surface area contributed by atoms with Crippen LogP contribution >= 0.6 is 0 Å². The molecule has 0 aromatic heterocycles. The smallest absolute Gasteiger partial charge is 0.338 e. The molecule has 26 heavy (non-hydrogen) atoms. The Hall–Kier alpha value is -3.06. The van der Waals surface area contributed by atoms with Crippen LogP contribution in [0, 0.1) is 0 Å². The molecule has 0 atom stereocenters. The Kier molecular flexibility index (Phi) is 4.81. The van der Waals surface area contributed by atoms with Gasteiger partial charge in [0.05, 0.1) is 22.8 Å². The molecule has 6 nitrogen and oxygen atoms in total. The van der Waals surface area contributed by atoms with E-state index in [9.17, 15) is 18.3 Å². The number of ether oxygens (including phenoxy) is 1. The highest BCUT2D eigenvalue weighted by Gasteiger charge is 2.17. The molecule has 3 aromatic rings. The average Bonchev–Trinajstić information content (AvgIpc) is 2.63. The summed E-state index contributed by atoms with van der Waals surface area (Å²) in [6.07, 6.45) is 0. The minimum atomic E-state index is -3.86. The van der Waals surface area contributed by atoms with Crippen LogP contribution in [0.2, 0.25) is 0 Å². The van der Waals surface area contributed by atoms with Crippen LogP contribution in [-0.4, -0.2) is 26.1 Å². The summed E-state index contributed by atoms with van der Waals surface area (Å²) >= 11 is 0. The quantitative estimate of drug-likeness (QED) is 0.670. The molecule has 0 bridgehead atoms. The van der Waals surface area contributed by atoms with Crippen molar-refractivity contribution in [2.75, 3.05) is 11.3 Å². The van der Waals surface area contributed by atoms with E-state index in [2.05, 4.69) is 4.72 Å². The van der Waals surface area contributed by atoms with Gasteiger partial charge in [-0.15, -0.1) is 0 Å². The molecular weight excluding hydrogens is 354 g/mol. The van der Waals surface area contributed by atoms with Crippen LogP contribution in [-0.2, 0) is 14.8 Å². The van der Waals surface area contributed by atoms with Crippen molar-refractivity contribution in [1.29, 1.82) is 0 Å². The van der Waals surface area contributed by atoms with Gasteiger partial charge in [0.1, 0.15) is 5.75 Å². The van der Waals surface area contributed by atoms with Crippen molar-refractivity contribution in [1.82, 2.24) is 0 Å². The Morgan fingerprint density at radius 2 is 1.65 bits per heavy atom. The summed E-state index contributed by atoms with van der Waals surface area (Å²) in [4.78, 5) is 11.7. The number of carbonyl (C=O) groups excluding carboxylic acids is 1.